The number of rotatable bonds is 7. The van der Waals surface area contributed by atoms with Crippen molar-refractivity contribution in [2.24, 2.45) is 16.8 Å². The monoisotopic (exact) mass is 336 g/mol. The lowest BCUT2D eigenvalue weighted by Crippen LogP contribution is -2.35. The Morgan fingerprint density at radius 1 is 1.42 bits per heavy atom. The molecule has 0 saturated heterocycles. The average Bonchev–Trinajstić information content (AvgIpc) is 2.97. The first kappa shape index (κ1) is 17.6. The Balaban J connectivity index is 1.73. The van der Waals surface area contributed by atoms with Crippen LogP contribution in [0.4, 0.5) is 10.6 Å². The van der Waals surface area contributed by atoms with E-state index in [1.54, 1.807) is 6.08 Å². The Hall–Kier alpha value is -2.74. The summed E-state index contributed by atoms with van der Waals surface area (Å²) in [5.74, 6) is -0.137. The summed E-state index contributed by atoms with van der Waals surface area (Å²) in [5, 5.41) is 21.2. The largest absolute Gasteiger partial charge is 0.480 e. The molecule has 3 N–H and O–H groups in total. The molecule has 0 bridgehead atoms. The minimum atomic E-state index is -1.04. The van der Waals surface area contributed by atoms with Gasteiger partial charge in [0.1, 0.15) is 6.54 Å². The summed E-state index contributed by atoms with van der Waals surface area (Å²) >= 11 is 0. The van der Waals surface area contributed by atoms with Gasteiger partial charge in [-0.15, -0.1) is 5.10 Å². The molecule has 2 unspecified atom stereocenters. The van der Waals surface area contributed by atoms with E-state index in [-0.39, 0.29) is 12.4 Å². The minimum absolute atomic E-state index is 0.190. The summed E-state index contributed by atoms with van der Waals surface area (Å²) in [6.07, 6.45) is 6.95. The van der Waals surface area contributed by atoms with Gasteiger partial charge in [0, 0.05) is 6.54 Å². The van der Waals surface area contributed by atoms with Crippen molar-refractivity contribution < 1.29 is 19.5 Å². The molecule has 1 saturated carbocycles. The molecule has 1 aromatic heterocycles. The minimum Gasteiger partial charge on any atom is -0.480 e. The summed E-state index contributed by atoms with van der Waals surface area (Å²) in [6.45, 7) is 0.707. The molecule has 2 amide bonds. The van der Waals surface area contributed by atoms with Crippen LogP contribution in [0.15, 0.2) is 11.2 Å². The number of aliphatic imine (C=N–C) groups is 1. The maximum Gasteiger partial charge on any atom is 0.325 e. The first-order chi connectivity index (χ1) is 11.6. The topological polar surface area (TPSA) is 139 Å². The molecular formula is C14H20N6O4. The fraction of sp³-hybridized carbons (Fsp3) is 0.643. The molecule has 0 radical (unpaired) electrons. The number of anilines is 1. The maximum absolute atomic E-state index is 11.9. The number of hydrogen-bond donors (Lipinski definition) is 3. The predicted molar refractivity (Wildman–Crippen MR) is 83.1 cm³/mol. The molecule has 1 fully saturated rings. The highest BCUT2D eigenvalue weighted by Crippen LogP contribution is 2.28. The molecule has 1 aromatic rings. The number of urea groups is 1. The smallest absolute Gasteiger partial charge is 0.325 e. The standard InChI is InChI=1S/C14H20N6O4/c21-9-15-5-10-2-1-3-11(4-10)6-16-14(24)17-12-7-20(19-18-12)8-13(22)23/h7,10-11H,1-6,8H2,(H,22,23)(H2,16,17,24). The zero-order valence-electron chi connectivity index (χ0n) is 13.1. The van der Waals surface area contributed by atoms with Crippen molar-refractivity contribution in [2.45, 2.75) is 32.2 Å². The number of amides is 2. The van der Waals surface area contributed by atoms with Gasteiger partial charge in [0.25, 0.3) is 0 Å². The van der Waals surface area contributed by atoms with Crippen molar-refractivity contribution >= 4 is 23.9 Å². The van der Waals surface area contributed by atoms with Gasteiger partial charge in [0.15, 0.2) is 5.82 Å². The van der Waals surface area contributed by atoms with Gasteiger partial charge in [-0.1, -0.05) is 11.6 Å². The van der Waals surface area contributed by atoms with E-state index in [1.807, 2.05) is 0 Å². The van der Waals surface area contributed by atoms with Crippen LogP contribution in [0.3, 0.4) is 0 Å². The van der Waals surface area contributed by atoms with Crippen molar-refractivity contribution in [3.63, 3.8) is 0 Å². The van der Waals surface area contributed by atoms with Crippen LogP contribution >= 0.6 is 0 Å². The highest BCUT2D eigenvalue weighted by molar-refractivity contribution is 5.87. The zero-order valence-corrected chi connectivity index (χ0v) is 13.1. The third-order valence-electron chi connectivity index (χ3n) is 3.93. The lowest BCUT2D eigenvalue weighted by molar-refractivity contribution is -0.137. The number of isocyanates is 1. The van der Waals surface area contributed by atoms with Crippen molar-refractivity contribution in [2.75, 3.05) is 18.4 Å². The molecule has 0 aliphatic heterocycles. The summed E-state index contributed by atoms with van der Waals surface area (Å²) in [4.78, 5) is 36.2. The molecule has 10 heteroatoms. The van der Waals surface area contributed by atoms with Crippen LogP contribution in [-0.2, 0) is 16.1 Å². The molecule has 2 rings (SSSR count). The summed E-state index contributed by atoms with van der Waals surface area (Å²) in [5.41, 5.74) is 0. The van der Waals surface area contributed by atoms with Gasteiger partial charge in [-0.3, -0.25) is 10.1 Å². The number of hydrogen-bond acceptors (Lipinski definition) is 6. The Morgan fingerprint density at radius 3 is 2.96 bits per heavy atom. The summed E-state index contributed by atoms with van der Waals surface area (Å²) in [7, 11) is 0. The van der Waals surface area contributed by atoms with Gasteiger partial charge in [-0.05, 0) is 31.1 Å². The van der Waals surface area contributed by atoms with E-state index >= 15 is 0 Å². The van der Waals surface area contributed by atoms with Gasteiger partial charge in [0.05, 0.1) is 12.7 Å². The molecule has 10 nitrogen and oxygen atoms in total. The zero-order chi connectivity index (χ0) is 17.4. The van der Waals surface area contributed by atoms with Gasteiger partial charge in [0.2, 0.25) is 6.08 Å². The van der Waals surface area contributed by atoms with Gasteiger partial charge < -0.3 is 10.4 Å². The third kappa shape index (κ3) is 5.81. The van der Waals surface area contributed by atoms with Crippen molar-refractivity contribution in [3.8, 4) is 0 Å². The maximum atomic E-state index is 11.9. The van der Waals surface area contributed by atoms with E-state index in [2.05, 4.69) is 25.9 Å². The van der Waals surface area contributed by atoms with E-state index in [0.29, 0.717) is 24.9 Å². The van der Waals surface area contributed by atoms with E-state index in [1.165, 1.54) is 6.20 Å². The predicted octanol–water partition coefficient (Wildman–Crippen LogP) is 0.626. The second-order valence-corrected chi connectivity index (χ2v) is 5.86. The average molecular weight is 336 g/mol. The Morgan fingerprint density at radius 2 is 2.21 bits per heavy atom. The Labute approximate surface area is 138 Å². The number of carboxylic acids is 1. The number of nitrogens with zero attached hydrogens (tertiary/aromatic N) is 4. The highest BCUT2D eigenvalue weighted by Gasteiger charge is 2.22. The molecule has 1 aliphatic carbocycles. The van der Waals surface area contributed by atoms with Gasteiger partial charge >= 0.3 is 12.0 Å². The van der Waals surface area contributed by atoms with Crippen molar-refractivity contribution in [1.82, 2.24) is 20.3 Å². The number of aliphatic carboxylic acids is 1. The van der Waals surface area contributed by atoms with Crippen LogP contribution in [0.25, 0.3) is 0 Å². The van der Waals surface area contributed by atoms with E-state index in [4.69, 9.17) is 5.11 Å². The fourth-order valence-electron chi connectivity index (χ4n) is 2.89. The fourth-order valence-corrected chi connectivity index (χ4v) is 2.89. The first-order valence-electron chi connectivity index (χ1n) is 7.77. The highest BCUT2D eigenvalue weighted by atomic mass is 16.4. The van der Waals surface area contributed by atoms with Crippen LogP contribution < -0.4 is 10.6 Å². The van der Waals surface area contributed by atoms with Gasteiger partial charge in [-0.25, -0.2) is 19.3 Å². The quantitative estimate of drug-likeness (QED) is 0.493. The number of nitrogens with one attached hydrogen (secondary N) is 2. The second-order valence-electron chi connectivity index (χ2n) is 5.86. The number of carbonyl (C=O) groups excluding carboxylic acids is 2. The molecular weight excluding hydrogens is 316 g/mol. The van der Waals surface area contributed by atoms with Gasteiger partial charge in [-0.2, -0.15) is 0 Å². The van der Waals surface area contributed by atoms with Crippen molar-refractivity contribution in [3.05, 3.63) is 6.20 Å². The van der Waals surface area contributed by atoms with Crippen LogP contribution in [0, 0.1) is 11.8 Å². The van der Waals surface area contributed by atoms with Crippen LogP contribution in [0.2, 0.25) is 0 Å². The van der Waals surface area contributed by atoms with Crippen LogP contribution in [-0.4, -0.2) is 51.3 Å². The lowest BCUT2D eigenvalue weighted by Gasteiger charge is -2.27. The summed E-state index contributed by atoms with van der Waals surface area (Å²) in [6, 6.07) is -0.412. The van der Waals surface area contributed by atoms with E-state index in [9.17, 15) is 14.4 Å². The van der Waals surface area contributed by atoms with Crippen molar-refractivity contribution in [1.29, 1.82) is 0 Å². The SMILES string of the molecule is O=C=NCC1CCCC(CNC(=O)Nc2cn(CC(=O)O)nn2)C1. The Bertz CT molecular complexity index is 625. The molecule has 24 heavy (non-hydrogen) atoms. The van der Waals surface area contributed by atoms with E-state index in [0.717, 1.165) is 30.4 Å². The number of carboxylic acid groups (broad SMARTS) is 1. The van der Waals surface area contributed by atoms with Crippen LogP contribution in [0.5, 0.6) is 0 Å². The van der Waals surface area contributed by atoms with E-state index < -0.39 is 12.0 Å². The summed E-state index contributed by atoms with van der Waals surface area (Å²) < 4.78 is 1.12. The lowest BCUT2D eigenvalue weighted by atomic mass is 9.81. The second kappa shape index (κ2) is 8.78. The molecule has 0 spiro atoms. The molecule has 130 valence electrons. The number of carbonyl (C=O) groups is 2. The van der Waals surface area contributed by atoms with Crippen LogP contribution in [0.1, 0.15) is 25.7 Å². The Kier molecular flexibility index (Phi) is 6.44. The normalized spacial score (nSPS) is 20.0. The molecule has 0 aromatic carbocycles. The molecule has 1 heterocycles. The third-order valence-corrected chi connectivity index (χ3v) is 3.93. The molecule has 1 aliphatic rings. The first-order valence-corrected chi connectivity index (χ1v) is 7.77. The molecule has 2 atom stereocenters. The number of aromatic nitrogens is 3.